The second-order valence-electron chi connectivity index (χ2n) is 4.50. The Labute approximate surface area is 121 Å². The maximum atomic E-state index is 6.14. The maximum absolute atomic E-state index is 6.14. The van der Waals surface area contributed by atoms with Crippen molar-refractivity contribution in [1.82, 2.24) is 10.1 Å². The first-order valence-corrected chi connectivity index (χ1v) is 6.48. The number of hydrogen-bond acceptors (Lipinski definition) is 4. The van der Waals surface area contributed by atoms with Crippen LogP contribution in [0, 0.1) is 6.92 Å². The lowest BCUT2D eigenvalue weighted by molar-refractivity contribution is 0.432. The average molecular weight is 286 g/mol. The molecule has 2 aromatic carbocycles. The lowest BCUT2D eigenvalue weighted by Gasteiger charge is -2.01. The number of aromatic nitrogens is 2. The second kappa shape index (κ2) is 4.98. The predicted octanol–water partition coefficient (Wildman–Crippen LogP) is 3.95. The molecule has 0 bridgehead atoms. The van der Waals surface area contributed by atoms with Crippen molar-refractivity contribution >= 4 is 17.3 Å². The molecule has 0 aliphatic heterocycles. The Morgan fingerprint density at radius 2 is 1.95 bits per heavy atom. The molecule has 4 nitrogen and oxygen atoms in total. The Balaban J connectivity index is 2.07. The molecule has 3 rings (SSSR count). The minimum absolute atomic E-state index is 0.324. The van der Waals surface area contributed by atoms with Gasteiger partial charge in [-0.1, -0.05) is 46.6 Å². The Morgan fingerprint density at radius 1 is 1.15 bits per heavy atom. The van der Waals surface area contributed by atoms with Crippen molar-refractivity contribution in [2.75, 3.05) is 5.73 Å². The number of nitrogen functional groups attached to an aromatic ring is 1. The topological polar surface area (TPSA) is 64.9 Å². The fraction of sp³-hybridized carbons (Fsp3) is 0.0667. The third kappa shape index (κ3) is 2.26. The van der Waals surface area contributed by atoms with Gasteiger partial charge in [0.1, 0.15) is 0 Å². The van der Waals surface area contributed by atoms with Crippen LogP contribution in [-0.2, 0) is 0 Å². The molecular formula is C15H12ClN3O. The second-order valence-corrected chi connectivity index (χ2v) is 4.90. The summed E-state index contributed by atoms with van der Waals surface area (Å²) in [6.07, 6.45) is 0. The molecule has 0 atom stereocenters. The minimum atomic E-state index is 0.324. The number of benzene rings is 2. The Morgan fingerprint density at radius 3 is 2.70 bits per heavy atom. The smallest absolute Gasteiger partial charge is 0.261 e. The lowest BCUT2D eigenvalue weighted by Crippen LogP contribution is -1.91. The number of halogens is 1. The summed E-state index contributed by atoms with van der Waals surface area (Å²) >= 11 is 6.14. The van der Waals surface area contributed by atoms with Gasteiger partial charge >= 0.3 is 0 Å². The quantitative estimate of drug-likeness (QED) is 0.724. The van der Waals surface area contributed by atoms with E-state index in [4.69, 9.17) is 21.9 Å². The molecule has 0 aliphatic carbocycles. The summed E-state index contributed by atoms with van der Waals surface area (Å²) in [7, 11) is 0. The van der Waals surface area contributed by atoms with Crippen LogP contribution in [-0.4, -0.2) is 10.1 Å². The van der Waals surface area contributed by atoms with Gasteiger partial charge in [0, 0.05) is 11.3 Å². The zero-order valence-corrected chi connectivity index (χ0v) is 11.6. The van der Waals surface area contributed by atoms with E-state index in [9.17, 15) is 0 Å². The highest BCUT2D eigenvalue weighted by molar-refractivity contribution is 6.33. The van der Waals surface area contributed by atoms with Gasteiger partial charge in [0.25, 0.3) is 5.89 Å². The van der Waals surface area contributed by atoms with Crippen molar-refractivity contribution in [3.05, 3.63) is 53.1 Å². The largest absolute Gasteiger partial charge is 0.398 e. The zero-order chi connectivity index (χ0) is 14.1. The van der Waals surface area contributed by atoms with Crippen molar-refractivity contribution < 1.29 is 4.52 Å². The number of nitrogens with zero attached hydrogens (tertiary/aromatic N) is 2. The zero-order valence-electron chi connectivity index (χ0n) is 10.8. The van der Waals surface area contributed by atoms with Gasteiger partial charge in [-0.15, -0.1) is 0 Å². The monoisotopic (exact) mass is 285 g/mol. The van der Waals surface area contributed by atoms with Crippen LogP contribution in [0.25, 0.3) is 22.8 Å². The van der Waals surface area contributed by atoms with E-state index in [1.54, 1.807) is 18.2 Å². The summed E-state index contributed by atoms with van der Waals surface area (Å²) in [6.45, 7) is 2.01. The van der Waals surface area contributed by atoms with Crippen molar-refractivity contribution in [2.24, 2.45) is 0 Å². The van der Waals surface area contributed by atoms with Gasteiger partial charge in [-0.25, -0.2) is 0 Å². The SMILES string of the molecule is Cc1cccc(-c2noc(-c3c(N)cccc3Cl)n2)c1. The fourth-order valence-corrected chi connectivity index (χ4v) is 2.26. The van der Waals surface area contributed by atoms with Crippen molar-refractivity contribution in [3.63, 3.8) is 0 Å². The molecule has 0 amide bonds. The molecule has 5 heteroatoms. The van der Waals surface area contributed by atoms with Crippen LogP contribution in [0.5, 0.6) is 0 Å². The third-order valence-corrected chi connectivity index (χ3v) is 3.28. The summed E-state index contributed by atoms with van der Waals surface area (Å²) in [5, 5.41) is 4.48. The molecule has 0 unspecified atom stereocenters. The highest BCUT2D eigenvalue weighted by Crippen LogP contribution is 2.33. The summed E-state index contributed by atoms with van der Waals surface area (Å²) in [5.74, 6) is 0.840. The van der Waals surface area contributed by atoms with E-state index < -0.39 is 0 Å². The molecule has 0 spiro atoms. The van der Waals surface area contributed by atoms with Crippen LogP contribution < -0.4 is 5.73 Å². The summed E-state index contributed by atoms with van der Waals surface area (Å²) < 4.78 is 5.28. The minimum Gasteiger partial charge on any atom is -0.398 e. The van der Waals surface area contributed by atoms with E-state index in [0.29, 0.717) is 28.0 Å². The normalized spacial score (nSPS) is 10.7. The van der Waals surface area contributed by atoms with E-state index in [1.807, 2.05) is 31.2 Å². The highest BCUT2D eigenvalue weighted by atomic mass is 35.5. The van der Waals surface area contributed by atoms with Crippen LogP contribution in [0.3, 0.4) is 0 Å². The molecule has 0 radical (unpaired) electrons. The van der Waals surface area contributed by atoms with E-state index >= 15 is 0 Å². The molecule has 0 saturated carbocycles. The lowest BCUT2D eigenvalue weighted by atomic mass is 10.1. The number of anilines is 1. The first kappa shape index (κ1) is 12.7. The standard InChI is InChI=1S/C15H12ClN3O/c1-9-4-2-5-10(8-9)14-18-15(20-19-14)13-11(16)6-3-7-12(13)17/h2-8H,17H2,1H3. The van der Waals surface area contributed by atoms with E-state index in [0.717, 1.165) is 11.1 Å². The van der Waals surface area contributed by atoms with E-state index in [1.165, 1.54) is 0 Å². The first-order valence-electron chi connectivity index (χ1n) is 6.10. The summed E-state index contributed by atoms with van der Waals surface area (Å²) in [5.41, 5.74) is 9.02. The number of aryl methyl sites for hydroxylation is 1. The summed E-state index contributed by atoms with van der Waals surface area (Å²) in [4.78, 5) is 4.37. The number of hydrogen-bond donors (Lipinski definition) is 1. The molecule has 0 fully saturated rings. The molecule has 100 valence electrons. The number of rotatable bonds is 2. The van der Waals surface area contributed by atoms with Gasteiger partial charge in [-0.2, -0.15) is 4.98 Å². The van der Waals surface area contributed by atoms with Gasteiger partial charge in [0.05, 0.1) is 10.6 Å². The fourth-order valence-electron chi connectivity index (χ4n) is 1.99. The Kier molecular flexibility index (Phi) is 3.16. The van der Waals surface area contributed by atoms with Gasteiger partial charge in [0.2, 0.25) is 5.82 Å². The predicted molar refractivity (Wildman–Crippen MR) is 79.3 cm³/mol. The molecule has 1 aromatic heterocycles. The van der Waals surface area contributed by atoms with Crippen molar-refractivity contribution in [3.8, 4) is 22.8 Å². The van der Waals surface area contributed by atoms with Crippen LogP contribution in [0.4, 0.5) is 5.69 Å². The molecule has 2 N–H and O–H groups in total. The Hall–Kier alpha value is -2.33. The van der Waals surface area contributed by atoms with Crippen molar-refractivity contribution in [2.45, 2.75) is 6.92 Å². The van der Waals surface area contributed by atoms with Gasteiger partial charge in [-0.3, -0.25) is 0 Å². The molecule has 0 aliphatic rings. The van der Waals surface area contributed by atoms with Gasteiger partial charge in [-0.05, 0) is 25.1 Å². The molecule has 20 heavy (non-hydrogen) atoms. The van der Waals surface area contributed by atoms with Crippen LogP contribution in [0.15, 0.2) is 47.0 Å². The molecule has 1 heterocycles. The van der Waals surface area contributed by atoms with Crippen molar-refractivity contribution in [1.29, 1.82) is 0 Å². The van der Waals surface area contributed by atoms with Crippen LogP contribution in [0.1, 0.15) is 5.56 Å². The molecular weight excluding hydrogens is 274 g/mol. The third-order valence-electron chi connectivity index (χ3n) is 2.96. The first-order chi connectivity index (χ1) is 9.65. The molecule has 0 saturated heterocycles. The van der Waals surface area contributed by atoms with E-state index in [-0.39, 0.29) is 0 Å². The highest BCUT2D eigenvalue weighted by Gasteiger charge is 2.16. The van der Waals surface area contributed by atoms with Gasteiger partial charge in [0.15, 0.2) is 0 Å². The summed E-state index contributed by atoms with van der Waals surface area (Å²) in [6, 6.07) is 13.1. The number of nitrogens with two attached hydrogens (primary N) is 1. The maximum Gasteiger partial charge on any atom is 0.261 e. The molecule has 3 aromatic rings. The Bertz CT molecular complexity index is 747. The average Bonchev–Trinajstić information content (AvgIpc) is 2.88. The van der Waals surface area contributed by atoms with Gasteiger partial charge < -0.3 is 10.3 Å². The van der Waals surface area contributed by atoms with E-state index in [2.05, 4.69) is 10.1 Å². The van der Waals surface area contributed by atoms with Crippen LogP contribution in [0.2, 0.25) is 5.02 Å². The van der Waals surface area contributed by atoms with Crippen LogP contribution >= 0.6 is 11.6 Å².